The molecule has 0 aliphatic carbocycles. The van der Waals surface area contributed by atoms with Crippen LogP contribution in [0.5, 0.6) is 0 Å². The monoisotopic (exact) mass is 269 g/mol. The Morgan fingerprint density at radius 3 is 2.36 bits per heavy atom. The molecule has 1 unspecified atom stereocenters. The lowest BCUT2D eigenvalue weighted by atomic mass is 9.87. The lowest BCUT2D eigenvalue weighted by Gasteiger charge is -2.26. The Morgan fingerprint density at radius 1 is 1.45 bits per heavy atom. The number of rotatable bonds is 5. The lowest BCUT2D eigenvalue weighted by molar-refractivity contribution is 0.322. The first-order chi connectivity index (χ1) is 5.02. The van der Waals surface area contributed by atoms with Gasteiger partial charge >= 0.3 is 0 Å². The van der Waals surface area contributed by atoms with Crippen molar-refractivity contribution in [3.05, 3.63) is 0 Å². The zero-order chi connectivity index (χ0) is 8.91. The van der Waals surface area contributed by atoms with Crippen LogP contribution in [-0.2, 0) is 0 Å². The predicted octanol–water partition coefficient (Wildman–Crippen LogP) is 2.84. The van der Waals surface area contributed by atoms with Gasteiger partial charge < -0.3 is 5.32 Å². The van der Waals surface area contributed by atoms with Crippen LogP contribution in [0.15, 0.2) is 0 Å². The highest BCUT2D eigenvalue weighted by molar-refractivity contribution is 14.1. The molecule has 68 valence electrons. The van der Waals surface area contributed by atoms with Crippen LogP contribution in [0.2, 0.25) is 0 Å². The van der Waals surface area contributed by atoms with Crippen LogP contribution in [0.1, 0.15) is 33.6 Å². The topological polar surface area (TPSA) is 12.0 Å². The first kappa shape index (κ1) is 11.7. The molecule has 2 heteroatoms. The quantitative estimate of drug-likeness (QED) is 0.597. The third kappa shape index (κ3) is 5.91. The second kappa shape index (κ2) is 5.36. The molecule has 0 amide bonds. The fourth-order valence-corrected chi connectivity index (χ4v) is 2.49. The second-order valence-corrected chi connectivity index (χ2v) is 5.67. The summed E-state index contributed by atoms with van der Waals surface area (Å²) >= 11 is 2.54. The fourth-order valence-electron chi connectivity index (χ4n) is 1.29. The van der Waals surface area contributed by atoms with Gasteiger partial charge in [0.1, 0.15) is 0 Å². The van der Waals surface area contributed by atoms with Crippen molar-refractivity contribution in [2.24, 2.45) is 5.41 Å². The van der Waals surface area contributed by atoms with Crippen molar-refractivity contribution in [3.8, 4) is 0 Å². The Kier molecular flexibility index (Phi) is 5.69. The highest BCUT2D eigenvalue weighted by atomic mass is 127. The van der Waals surface area contributed by atoms with E-state index in [9.17, 15) is 0 Å². The van der Waals surface area contributed by atoms with E-state index in [0.717, 1.165) is 10.5 Å². The molecule has 0 heterocycles. The minimum atomic E-state index is 0.455. The summed E-state index contributed by atoms with van der Waals surface area (Å²) in [5, 5.41) is 3.23. The average Bonchev–Trinajstić information content (AvgIpc) is 1.86. The smallest absolute Gasteiger partial charge is 0.0113 e. The molecule has 0 aromatic heterocycles. The molecular weight excluding hydrogens is 249 g/mol. The average molecular weight is 269 g/mol. The molecule has 0 bridgehead atoms. The van der Waals surface area contributed by atoms with E-state index in [-0.39, 0.29) is 0 Å². The normalized spacial score (nSPS) is 15.0. The minimum absolute atomic E-state index is 0.455. The number of halogens is 1. The summed E-state index contributed by atoms with van der Waals surface area (Å²) in [7, 11) is 2.02. The van der Waals surface area contributed by atoms with Gasteiger partial charge in [0.2, 0.25) is 0 Å². The third-order valence-corrected chi connectivity index (χ3v) is 3.19. The SMILES string of the molecule is CCC(I)CC(C)(C)CNC. The van der Waals surface area contributed by atoms with Crippen LogP contribution in [0.25, 0.3) is 0 Å². The number of hydrogen-bond acceptors (Lipinski definition) is 1. The molecule has 0 aromatic rings. The number of alkyl halides is 1. The Morgan fingerprint density at radius 2 is 2.00 bits per heavy atom. The fraction of sp³-hybridized carbons (Fsp3) is 1.00. The largest absolute Gasteiger partial charge is 0.319 e. The molecule has 0 fully saturated rings. The highest BCUT2D eigenvalue weighted by Gasteiger charge is 2.19. The molecule has 0 saturated carbocycles. The van der Waals surface area contributed by atoms with Crippen LogP contribution in [-0.4, -0.2) is 17.5 Å². The highest BCUT2D eigenvalue weighted by Crippen LogP contribution is 2.26. The molecule has 1 nitrogen and oxygen atoms in total. The zero-order valence-electron chi connectivity index (χ0n) is 8.08. The van der Waals surface area contributed by atoms with Gasteiger partial charge in [0.25, 0.3) is 0 Å². The number of nitrogens with one attached hydrogen (secondary N) is 1. The first-order valence-electron chi connectivity index (χ1n) is 4.30. The Bertz CT molecular complexity index is 102. The minimum Gasteiger partial charge on any atom is -0.319 e. The van der Waals surface area contributed by atoms with Gasteiger partial charge in [-0.15, -0.1) is 0 Å². The van der Waals surface area contributed by atoms with Gasteiger partial charge in [-0.2, -0.15) is 0 Å². The van der Waals surface area contributed by atoms with Crippen molar-refractivity contribution >= 4 is 22.6 Å². The molecule has 0 aromatic carbocycles. The summed E-state index contributed by atoms with van der Waals surface area (Å²) in [6.07, 6.45) is 2.60. The van der Waals surface area contributed by atoms with E-state index in [2.05, 4.69) is 48.7 Å². The van der Waals surface area contributed by atoms with E-state index in [0.29, 0.717) is 5.41 Å². The second-order valence-electron chi connectivity index (χ2n) is 3.90. The molecule has 0 radical (unpaired) electrons. The van der Waals surface area contributed by atoms with Crippen LogP contribution < -0.4 is 5.32 Å². The first-order valence-corrected chi connectivity index (χ1v) is 5.55. The molecule has 0 saturated heterocycles. The van der Waals surface area contributed by atoms with Crippen molar-refractivity contribution in [2.45, 2.75) is 37.5 Å². The molecule has 11 heavy (non-hydrogen) atoms. The van der Waals surface area contributed by atoms with E-state index < -0.39 is 0 Å². The lowest BCUT2D eigenvalue weighted by Crippen LogP contribution is -2.28. The Balaban J connectivity index is 3.70. The van der Waals surface area contributed by atoms with Crippen molar-refractivity contribution in [1.29, 1.82) is 0 Å². The maximum Gasteiger partial charge on any atom is 0.0113 e. The molecule has 1 N–H and O–H groups in total. The van der Waals surface area contributed by atoms with Crippen LogP contribution in [0, 0.1) is 5.41 Å². The van der Waals surface area contributed by atoms with Crippen LogP contribution >= 0.6 is 22.6 Å². The van der Waals surface area contributed by atoms with Crippen molar-refractivity contribution in [3.63, 3.8) is 0 Å². The van der Waals surface area contributed by atoms with E-state index in [1.165, 1.54) is 12.8 Å². The predicted molar refractivity (Wildman–Crippen MR) is 60.4 cm³/mol. The molecule has 0 aliphatic heterocycles. The summed E-state index contributed by atoms with van der Waals surface area (Å²) < 4.78 is 0.830. The Hall–Kier alpha value is 0.690. The third-order valence-electron chi connectivity index (χ3n) is 1.87. The zero-order valence-corrected chi connectivity index (χ0v) is 10.2. The van der Waals surface area contributed by atoms with Crippen molar-refractivity contribution < 1.29 is 0 Å². The van der Waals surface area contributed by atoms with E-state index in [1.54, 1.807) is 0 Å². The van der Waals surface area contributed by atoms with Gasteiger partial charge in [0.05, 0.1) is 0 Å². The van der Waals surface area contributed by atoms with Gasteiger partial charge in [-0.05, 0) is 31.8 Å². The molecule has 0 rings (SSSR count). The molecule has 0 aliphatic rings. The molecular formula is C9H20IN. The molecule has 1 atom stereocenters. The van der Waals surface area contributed by atoms with Gasteiger partial charge in [0, 0.05) is 3.92 Å². The van der Waals surface area contributed by atoms with E-state index in [1.807, 2.05) is 7.05 Å². The van der Waals surface area contributed by atoms with Gasteiger partial charge in [-0.1, -0.05) is 43.4 Å². The summed E-state index contributed by atoms with van der Waals surface area (Å²) in [6.45, 7) is 8.02. The number of hydrogen-bond donors (Lipinski definition) is 1. The van der Waals surface area contributed by atoms with Gasteiger partial charge in [-0.3, -0.25) is 0 Å². The van der Waals surface area contributed by atoms with Crippen molar-refractivity contribution in [1.82, 2.24) is 5.32 Å². The van der Waals surface area contributed by atoms with E-state index in [4.69, 9.17) is 0 Å². The summed E-state index contributed by atoms with van der Waals surface area (Å²) in [5.41, 5.74) is 0.455. The summed E-state index contributed by atoms with van der Waals surface area (Å²) in [4.78, 5) is 0. The summed E-state index contributed by atoms with van der Waals surface area (Å²) in [6, 6.07) is 0. The van der Waals surface area contributed by atoms with Crippen LogP contribution in [0.3, 0.4) is 0 Å². The van der Waals surface area contributed by atoms with E-state index >= 15 is 0 Å². The maximum absolute atomic E-state index is 3.23. The Labute approximate surface area is 84.5 Å². The van der Waals surface area contributed by atoms with Crippen LogP contribution in [0.4, 0.5) is 0 Å². The van der Waals surface area contributed by atoms with Gasteiger partial charge in [-0.25, -0.2) is 0 Å². The molecule has 0 spiro atoms. The maximum atomic E-state index is 3.23. The van der Waals surface area contributed by atoms with Crippen molar-refractivity contribution in [2.75, 3.05) is 13.6 Å². The standard InChI is InChI=1S/C9H20IN/c1-5-8(10)6-9(2,3)7-11-4/h8,11H,5-7H2,1-4H3. The van der Waals surface area contributed by atoms with Gasteiger partial charge in [0.15, 0.2) is 0 Å². The summed E-state index contributed by atoms with van der Waals surface area (Å²) in [5.74, 6) is 0.